The molecular formula is C30H29F3N2O2. The first kappa shape index (κ1) is 24.2. The summed E-state index contributed by atoms with van der Waals surface area (Å²) in [5.41, 5.74) is 3.28. The molecule has 1 aromatic heterocycles. The van der Waals surface area contributed by atoms with E-state index < -0.39 is 17.2 Å². The van der Waals surface area contributed by atoms with E-state index in [1.807, 2.05) is 29.8 Å². The lowest BCUT2D eigenvalue weighted by molar-refractivity contribution is -0.114. The van der Waals surface area contributed by atoms with Crippen LogP contribution >= 0.6 is 0 Å². The lowest BCUT2D eigenvalue weighted by Gasteiger charge is -2.53. The third-order valence-electron chi connectivity index (χ3n) is 9.40. The molecule has 0 radical (unpaired) electrons. The fraction of sp³-hybridized carbons (Fsp3) is 0.467. The van der Waals surface area contributed by atoms with Crippen LogP contribution in [0.25, 0.3) is 5.69 Å². The molecule has 0 aliphatic heterocycles. The van der Waals surface area contributed by atoms with Crippen LogP contribution in [0.3, 0.4) is 0 Å². The van der Waals surface area contributed by atoms with Crippen LogP contribution in [-0.2, 0) is 4.79 Å². The summed E-state index contributed by atoms with van der Waals surface area (Å²) < 4.78 is 41.2. The highest BCUT2D eigenvalue weighted by Crippen LogP contribution is 2.66. The van der Waals surface area contributed by atoms with Gasteiger partial charge in [0.1, 0.15) is 5.60 Å². The van der Waals surface area contributed by atoms with Crippen LogP contribution in [0.2, 0.25) is 0 Å². The normalized spacial score (nSPS) is 33.2. The molecule has 4 aliphatic rings. The van der Waals surface area contributed by atoms with Gasteiger partial charge in [-0.1, -0.05) is 30.6 Å². The van der Waals surface area contributed by atoms with E-state index in [0.717, 1.165) is 29.7 Å². The van der Waals surface area contributed by atoms with Gasteiger partial charge in [-0.25, -0.2) is 4.98 Å². The van der Waals surface area contributed by atoms with Gasteiger partial charge >= 0.3 is 6.18 Å². The van der Waals surface area contributed by atoms with E-state index in [-0.39, 0.29) is 30.0 Å². The van der Waals surface area contributed by atoms with Gasteiger partial charge in [-0.05, 0) is 85.3 Å². The summed E-state index contributed by atoms with van der Waals surface area (Å²) in [6.45, 7) is 1.94. The number of aromatic nitrogens is 2. The maximum Gasteiger partial charge on any atom is 0.457 e. The molecule has 4 nitrogen and oxygen atoms in total. The molecule has 7 heteroatoms. The molecule has 37 heavy (non-hydrogen) atoms. The third kappa shape index (κ3) is 3.97. The Hall–Kier alpha value is -3.11. The smallest absolute Gasteiger partial charge is 0.377 e. The zero-order chi connectivity index (χ0) is 26.0. The number of hydrogen-bond acceptors (Lipinski definition) is 3. The first-order chi connectivity index (χ1) is 17.6. The Morgan fingerprint density at radius 3 is 2.62 bits per heavy atom. The number of imidazole rings is 1. The molecule has 5 atom stereocenters. The van der Waals surface area contributed by atoms with Crippen molar-refractivity contribution in [3.05, 3.63) is 71.3 Å². The summed E-state index contributed by atoms with van der Waals surface area (Å²) in [6.07, 6.45) is 6.71. The molecule has 0 bridgehead atoms. The summed E-state index contributed by atoms with van der Waals surface area (Å²) in [6, 6.07) is 8.21. The molecule has 0 spiro atoms. The predicted molar refractivity (Wildman–Crippen MR) is 133 cm³/mol. The zero-order valence-electron chi connectivity index (χ0n) is 20.7. The Bertz CT molecular complexity index is 1360. The molecule has 0 amide bonds. The molecule has 2 aromatic rings. The van der Waals surface area contributed by atoms with Crippen LogP contribution in [0.4, 0.5) is 13.2 Å². The lowest BCUT2D eigenvalue weighted by atomic mass is 9.51. The highest BCUT2D eigenvalue weighted by atomic mass is 19.4. The van der Waals surface area contributed by atoms with Gasteiger partial charge in [0, 0.05) is 41.8 Å². The summed E-state index contributed by atoms with van der Waals surface area (Å²) in [5.74, 6) is 3.99. The largest absolute Gasteiger partial charge is 0.457 e. The fourth-order valence-corrected chi connectivity index (χ4v) is 7.63. The minimum atomic E-state index is -4.65. The molecule has 1 heterocycles. The van der Waals surface area contributed by atoms with Crippen molar-refractivity contribution in [3.8, 4) is 17.5 Å². The van der Waals surface area contributed by atoms with Crippen molar-refractivity contribution in [3.63, 3.8) is 0 Å². The van der Waals surface area contributed by atoms with E-state index in [1.165, 1.54) is 17.1 Å². The molecule has 0 saturated heterocycles. The predicted octanol–water partition coefficient (Wildman–Crippen LogP) is 6.07. The van der Waals surface area contributed by atoms with Gasteiger partial charge in [0.25, 0.3) is 0 Å². The fourth-order valence-electron chi connectivity index (χ4n) is 7.63. The standard InChI is InChI=1S/C30H29F3N2O2/c1-28-17-25(19-2-5-21(6-3-19)35-15-14-34-18-35)27-23-9-7-22(36)16-20(23)4-8-24(27)26(28)10-11-29(28,37)12-13-30(31,32)33/h2-3,5-6,14-16,18,24-26,37H,4,7-11,17H2,1H3/t24?,25-,26?,28+,29-/m1/s1. The quantitative estimate of drug-likeness (QED) is 0.503. The van der Waals surface area contributed by atoms with Gasteiger partial charge in [0.15, 0.2) is 5.78 Å². The van der Waals surface area contributed by atoms with Crippen LogP contribution in [0.1, 0.15) is 63.4 Å². The highest BCUT2D eigenvalue weighted by molar-refractivity contribution is 5.93. The van der Waals surface area contributed by atoms with Crippen molar-refractivity contribution in [2.45, 2.75) is 69.6 Å². The van der Waals surface area contributed by atoms with Gasteiger partial charge in [0.05, 0.1) is 6.33 Å². The van der Waals surface area contributed by atoms with E-state index >= 15 is 0 Å². The molecule has 2 fully saturated rings. The molecule has 2 saturated carbocycles. The first-order valence-corrected chi connectivity index (χ1v) is 13.0. The van der Waals surface area contributed by atoms with E-state index in [2.05, 4.69) is 23.0 Å². The zero-order valence-corrected chi connectivity index (χ0v) is 20.7. The van der Waals surface area contributed by atoms with E-state index in [1.54, 1.807) is 18.6 Å². The van der Waals surface area contributed by atoms with Gasteiger partial charge in [-0.2, -0.15) is 13.2 Å². The van der Waals surface area contributed by atoms with Gasteiger partial charge in [0.2, 0.25) is 0 Å². The maximum absolute atomic E-state index is 13.1. The molecule has 1 aromatic carbocycles. The number of carbonyl (C=O) groups excluding carboxylic acids is 1. The number of hydrogen-bond donors (Lipinski definition) is 1. The van der Waals surface area contributed by atoms with Crippen LogP contribution in [0, 0.1) is 29.1 Å². The number of allylic oxidation sites excluding steroid dienone is 4. The average Bonchev–Trinajstić information content (AvgIpc) is 3.49. The summed E-state index contributed by atoms with van der Waals surface area (Å²) >= 11 is 0. The third-order valence-corrected chi connectivity index (χ3v) is 9.40. The van der Waals surface area contributed by atoms with Crippen molar-refractivity contribution < 1.29 is 23.1 Å². The summed E-state index contributed by atoms with van der Waals surface area (Å²) in [4.78, 5) is 16.3. The Labute approximate surface area is 214 Å². The lowest BCUT2D eigenvalue weighted by Crippen LogP contribution is -2.51. The molecular weight excluding hydrogens is 477 g/mol. The average molecular weight is 507 g/mol. The Morgan fingerprint density at radius 1 is 1.14 bits per heavy atom. The minimum Gasteiger partial charge on any atom is -0.377 e. The van der Waals surface area contributed by atoms with Gasteiger partial charge in [-0.3, -0.25) is 4.79 Å². The topological polar surface area (TPSA) is 55.1 Å². The monoisotopic (exact) mass is 506 g/mol. The number of ketones is 1. The first-order valence-electron chi connectivity index (χ1n) is 13.0. The van der Waals surface area contributed by atoms with Crippen molar-refractivity contribution in [1.29, 1.82) is 0 Å². The van der Waals surface area contributed by atoms with Gasteiger partial charge in [-0.15, -0.1) is 0 Å². The van der Waals surface area contributed by atoms with E-state index in [9.17, 15) is 23.1 Å². The number of fused-ring (bicyclic) bond motifs is 4. The SMILES string of the molecule is C[C@]12C[C@H](c3ccc(-n4ccnc4)cc3)C3=C4CCC(=O)C=C4CCC3C1CC[C@@]2(O)C#CC(F)(F)F. The van der Waals surface area contributed by atoms with Crippen molar-refractivity contribution in [2.75, 3.05) is 0 Å². The number of aliphatic hydroxyl groups is 1. The van der Waals surface area contributed by atoms with Crippen molar-refractivity contribution >= 4 is 5.78 Å². The molecule has 1 N–H and O–H groups in total. The van der Waals surface area contributed by atoms with E-state index in [0.29, 0.717) is 25.7 Å². The molecule has 4 aliphatic carbocycles. The maximum atomic E-state index is 13.1. The molecule has 6 rings (SSSR count). The Kier molecular flexibility index (Phi) is 5.54. The minimum absolute atomic E-state index is 0.0446. The highest BCUT2D eigenvalue weighted by Gasteiger charge is 2.62. The molecule has 2 unspecified atom stereocenters. The second-order valence-corrected chi connectivity index (χ2v) is 11.2. The van der Waals surface area contributed by atoms with Gasteiger partial charge < -0.3 is 9.67 Å². The van der Waals surface area contributed by atoms with Crippen LogP contribution < -0.4 is 0 Å². The number of halogens is 3. The summed E-state index contributed by atoms with van der Waals surface area (Å²) in [7, 11) is 0. The Balaban J connectivity index is 1.47. The second-order valence-electron chi connectivity index (χ2n) is 11.2. The van der Waals surface area contributed by atoms with E-state index in [4.69, 9.17) is 0 Å². The number of alkyl halides is 3. The van der Waals surface area contributed by atoms with Crippen LogP contribution in [0.5, 0.6) is 0 Å². The number of rotatable bonds is 2. The molecule has 192 valence electrons. The van der Waals surface area contributed by atoms with Crippen LogP contribution in [-0.4, -0.2) is 32.2 Å². The number of nitrogens with zero attached hydrogens (tertiary/aromatic N) is 2. The Morgan fingerprint density at radius 2 is 1.92 bits per heavy atom. The second kappa shape index (κ2) is 8.46. The van der Waals surface area contributed by atoms with Crippen molar-refractivity contribution in [2.24, 2.45) is 17.3 Å². The van der Waals surface area contributed by atoms with Crippen LogP contribution in [0.15, 0.2) is 65.8 Å². The summed E-state index contributed by atoms with van der Waals surface area (Å²) in [5, 5.41) is 11.6. The van der Waals surface area contributed by atoms with Crippen molar-refractivity contribution in [1.82, 2.24) is 9.55 Å². The number of benzene rings is 1. The number of carbonyl (C=O) groups is 1.